The van der Waals surface area contributed by atoms with Crippen LogP contribution >= 0.6 is 0 Å². The summed E-state index contributed by atoms with van der Waals surface area (Å²) in [5, 5.41) is 0. The maximum atomic E-state index is 0. The van der Waals surface area contributed by atoms with E-state index in [2.05, 4.69) is 0 Å². The molecule has 0 aliphatic rings. The van der Waals surface area contributed by atoms with E-state index in [4.69, 9.17) is 0 Å². The molecule has 5 heavy (non-hydrogen) atoms. The summed E-state index contributed by atoms with van der Waals surface area (Å²) in [5.41, 5.74) is 0. The van der Waals surface area contributed by atoms with Gasteiger partial charge in [-0.2, -0.15) is 0 Å². The van der Waals surface area contributed by atoms with Crippen molar-refractivity contribution < 1.29 is 53.4 Å². The van der Waals surface area contributed by atoms with E-state index >= 15 is 0 Å². The van der Waals surface area contributed by atoms with Crippen LogP contribution in [-0.4, -0.2) is 24.9 Å². The van der Waals surface area contributed by atoms with Crippen molar-refractivity contribution >= 4 is 19.4 Å². The van der Waals surface area contributed by atoms with Crippen molar-refractivity contribution in [1.82, 2.24) is 0 Å². The van der Waals surface area contributed by atoms with Gasteiger partial charge in [0.15, 0.2) is 0 Å². The van der Waals surface area contributed by atoms with E-state index in [1.165, 1.54) is 0 Å². The molecule has 0 atom stereocenters. The summed E-state index contributed by atoms with van der Waals surface area (Å²) in [6.45, 7) is 0. The Balaban J connectivity index is 0. The molecule has 5 heteroatoms. The molecule has 0 heterocycles. The minimum absolute atomic E-state index is 0. The van der Waals surface area contributed by atoms with Crippen LogP contribution < -0.4 is 0 Å². The maximum absolute atomic E-state index is 0. The van der Waals surface area contributed by atoms with Gasteiger partial charge in [0.25, 0.3) is 0 Å². The van der Waals surface area contributed by atoms with Crippen molar-refractivity contribution in [2.24, 2.45) is 0 Å². The predicted octanol–water partition coefficient (Wildman–Crippen LogP) is -3.47. The van der Waals surface area contributed by atoms with Gasteiger partial charge < -0.3 is 5.48 Å². The van der Waals surface area contributed by atoms with Crippen LogP contribution in [-0.2, 0) is 47.9 Å². The average molecular weight is 203 g/mol. The Kier molecular flexibility index (Phi) is 557. The molecule has 0 rings (SSSR count). The number of hydrogen-bond acceptors (Lipinski definition) is 0. The van der Waals surface area contributed by atoms with E-state index in [1.807, 2.05) is 0 Å². The normalized spacial score (nSPS) is 0. The van der Waals surface area contributed by atoms with Crippen LogP contribution in [0.1, 0.15) is 0 Å². The molecule has 0 aromatic heterocycles. The first-order chi connectivity index (χ1) is 0. The predicted molar refractivity (Wildman–Crippen MR) is 24.9 cm³/mol. The fourth-order valence-corrected chi connectivity index (χ4v) is 0. The fraction of sp³-hybridized carbons (Fsp3) is 0. The Morgan fingerprint density at radius 2 is 1.00 bits per heavy atom. The fourth-order valence-electron chi connectivity index (χ4n) is 0. The molecule has 0 aliphatic heterocycles. The molecule has 0 spiro atoms. The minimum atomic E-state index is 0. The third kappa shape index (κ3) is 25.4. The zero-order chi connectivity index (χ0) is 0. The van der Waals surface area contributed by atoms with Gasteiger partial charge in [0, 0.05) is 47.9 Å². The van der Waals surface area contributed by atoms with E-state index in [9.17, 15) is 0 Å². The van der Waals surface area contributed by atoms with Gasteiger partial charge in [0.2, 0.25) is 0 Å². The Bertz CT molecular complexity index is 11.6. The van der Waals surface area contributed by atoms with Gasteiger partial charge in [0.1, 0.15) is 0 Å². The van der Waals surface area contributed by atoms with Crippen molar-refractivity contribution in [1.29, 1.82) is 0 Å². The largest absolute Gasteiger partial charge is 0.412 e. The second-order valence-electron chi connectivity index (χ2n) is 0. The second-order valence-corrected chi connectivity index (χ2v) is 0. The zero-order valence-electron chi connectivity index (χ0n) is 1.50. The van der Waals surface area contributed by atoms with Gasteiger partial charge in [0.05, 0.1) is 8.41 Å². The molecule has 0 amide bonds. The Hall–Kier alpha value is 1.84. The summed E-state index contributed by atoms with van der Waals surface area (Å²) in [6, 6.07) is 0. The summed E-state index contributed by atoms with van der Waals surface area (Å²) in [6.07, 6.45) is 0. The van der Waals surface area contributed by atoms with Crippen LogP contribution in [0.3, 0.4) is 0 Å². The maximum Gasteiger partial charge on any atom is 0.0814 e. The second kappa shape index (κ2) is 40.4. The number of hydrogen-bond donors (Lipinski definition) is 0. The molecule has 0 aromatic rings. The quantitative estimate of drug-likeness (QED) is 0.366. The van der Waals surface area contributed by atoms with Crippen LogP contribution in [0.25, 0.3) is 0 Å². The van der Waals surface area contributed by atoms with E-state index < -0.39 is 0 Å². The molecular formula is H9BOSiTiZr. The van der Waals surface area contributed by atoms with Gasteiger partial charge in [-0.15, -0.1) is 0 Å². The van der Waals surface area contributed by atoms with Gasteiger partial charge in [-0.1, -0.05) is 0 Å². The molecule has 0 bridgehead atoms. The monoisotopic (exact) mass is 202 g/mol. The van der Waals surface area contributed by atoms with Crippen molar-refractivity contribution in [3.05, 3.63) is 0 Å². The molecule has 0 saturated heterocycles. The van der Waals surface area contributed by atoms with E-state index in [0.29, 0.717) is 0 Å². The third-order valence-electron chi connectivity index (χ3n) is 0. The molecule has 0 aromatic carbocycles. The first-order valence-electron chi connectivity index (χ1n) is 0. The zero-order valence-corrected chi connectivity index (χ0v) is 5.52. The SMILES string of the molecule is B.O.[SiH4].[Ti].[Zr]. The molecule has 0 unspecified atom stereocenters. The smallest absolute Gasteiger partial charge is 0.0814 e. The molecule has 0 radical (unpaired) electrons. The molecule has 0 aliphatic carbocycles. The van der Waals surface area contributed by atoms with Gasteiger partial charge in [-0.25, -0.2) is 0 Å². The minimum Gasteiger partial charge on any atom is -0.412 e. The standard InChI is InChI=1S/BH3.H2O.H4Si.Ti.Zr/h1H3;1H2;1H4;;. The molecule has 30 valence electrons. The van der Waals surface area contributed by atoms with E-state index in [1.54, 1.807) is 0 Å². The van der Waals surface area contributed by atoms with E-state index in [0.717, 1.165) is 0 Å². The Morgan fingerprint density at radius 1 is 1.00 bits per heavy atom. The topological polar surface area (TPSA) is 31.5 Å². The third-order valence-corrected chi connectivity index (χ3v) is 0. The molecule has 2 N–H and O–H groups in total. The van der Waals surface area contributed by atoms with Crippen molar-refractivity contribution in [2.45, 2.75) is 0 Å². The molecule has 1 nitrogen and oxygen atoms in total. The first-order valence-corrected chi connectivity index (χ1v) is 0. The number of rotatable bonds is 0. The molecule has 0 fully saturated rings. The first kappa shape index (κ1) is 68.9. The van der Waals surface area contributed by atoms with Crippen LogP contribution in [0.2, 0.25) is 0 Å². The Morgan fingerprint density at radius 3 is 1.00 bits per heavy atom. The summed E-state index contributed by atoms with van der Waals surface area (Å²) in [5.74, 6) is 0. The molecule has 0 saturated carbocycles. The summed E-state index contributed by atoms with van der Waals surface area (Å²) >= 11 is 0. The van der Waals surface area contributed by atoms with Gasteiger partial charge in [-0.05, 0) is 11.0 Å². The Labute approximate surface area is 72.2 Å². The van der Waals surface area contributed by atoms with Crippen LogP contribution in [0, 0.1) is 0 Å². The van der Waals surface area contributed by atoms with Crippen molar-refractivity contribution in [2.75, 3.05) is 0 Å². The summed E-state index contributed by atoms with van der Waals surface area (Å²) in [4.78, 5) is 0. The summed E-state index contributed by atoms with van der Waals surface area (Å²) < 4.78 is 0. The average Bonchev–Trinajstić information content (AvgIpc) is 0. The van der Waals surface area contributed by atoms with E-state index in [-0.39, 0.29) is 72.8 Å². The van der Waals surface area contributed by atoms with Crippen LogP contribution in [0.4, 0.5) is 0 Å². The van der Waals surface area contributed by atoms with Crippen molar-refractivity contribution in [3.63, 3.8) is 0 Å². The summed E-state index contributed by atoms with van der Waals surface area (Å²) in [7, 11) is 0. The van der Waals surface area contributed by atoms with Crippen molar-refractivity contribution in [3.8, 4) is 0 Å². The van der Waals surface area contributed by atoms with Crippen LogP contribution in [0.15, 0.2) is 0 Å². The van der Waals surface area contributed by atoms with Gasteiger partial charge >= 0.3 is 0 Å². The molecular weight excluding hydrogens is 194 g/mol. The van der Waals surface area contributed by atoms with Crippen LogP contribution in [0.5, 0.6) is 0 Å². The van der Waals surface area contributed by atoms with Gasteiger partial charge in [-0.3, -0.25) is 0 Å².